The number of aromatic nitrogens is 1. The first-order valence-corrected chi connectivity index (χ1v) is 19.2. The van der Waals surface area contributed by atoms with E-state index < -0.39 is 48.6 Å². The van der Waals surface area contributed by atoms with Crippen LogP contribution >= 0.6 is 23.4 Å². The molecule has 0 bridgehead atoms. The van der Waals surface area contributed by atoms with E-state index in [1.165, 1.54) is 16.7 Å². The number of hydrogen-bond donors (Lipinski definition) is 6. The summed E-state index contributed by atoms with van der Waals surface area (Å²) in [5.41, 5.74) is 3.40. The highest BCUT2D eigenvalue weighted by Crippen LogP contribution is 2.53. The van der Waals surface area contributed by atoms with Crippen molar-refractivity contribution in [2.24, 2.45) is 0 Å². The number of carbonyl (C=O) groups excluding carboxylic acids is 2. The van der Waals surface area contributed by atoms with Gasteiger partial charge in [0.1, 0.15) is 24.1 Å². The highest BCUT2D eigenvalue weighted by molar-refractivity contribution is 7.99. The topological polar surface area (TPSA) is 191 Å². The first kappa shape index (κ1) is 40.7. The van der Waals surface area contributed by atoms with Crippen LogP contribution < -0.4 is 10.1 Å². The number of alkyl carbamates (subject to hydrolysis) is 1. The van der Waals surface area contributed by atoms with E-state index in [0.29, 0.717) is 17.2 Å². The minimum Gasteiger partial charge on any atom is -0.490 e. The summed E-state index contributed by atoms with van der Waals surface area (Å²) >= 11 is 8.17. The number of thioether (sulfide) groups is 1. The molecule has 53 heavy (non-hydrogen) atoms. The summed E-state index contributed by atoms with van der Waals surface area (Å²) in [5, 5.41) is 52.7. The van der Waals surface area contributed by atoms with Crippen molar-refractivity contribution in [1.29, 1.82) is 0 Å². The van der Waals surface area contributed by atoms with E-state index in [4.69, 9.17) is 30.9 Å². The van der Waals surface area contributed by atoms with Gasteiger partial charge in [0, 0.05) is 53.1 Å². The molecule has 4 unspecified atom stereocenters. The molecule has 0 aliphatic heterocycles. The molecule has 2 aliphatic carbocycles. The summed E-state index contributed by atoms with van der Waals surface area (Å²) in [4.78, 5) is 31.5. The second-order valence-electron chi connectivity index (χ2n) is 13.1. The number of amides is 2. The van der Waals surface area contributed by atoms with E-state index in [0.717, 1.165) is 58.6 Å². The Morgan fingerprint density at radius 1 is 1.06 bits per heavy atom. The zero-order valence-electron chi connectivity index (χ0n) is 29.6. The number of ether oxygens (including phenoxy) is 3. The van der Waals surface area contributed by atoms with Crippen LogP contribution in [0.5, 0.6) is 5.75 Å². The zero-order valence-corrected chi connectivity index (χ0v) is 31.2. The lowest BCUT2D eigenvalue weighted by molar-refractivity contribution is -0.158. The lowest BCUT2D eigenvalue weighted by Gasteiger charge is -2.30. The molecule has 13 nitrogen and oxygen atoms in total. The van der Waals surface area contributed by atoms with Gasteiger partial charge in [0.15, 0.2) is 6.10 Å². The second kappa shape index (κ2) is 19.2. The highest BCUT2D eigenvalue weighted by Gasteiger charge is 2.48. The van der Waals surface area contributed by atoms with E-state index in [9.17, 15) is 30.0 Å². The minimum absolute atomic E-state index is 0.00563. The second-order valence-corrected chi connectivity index (χ2v) is 14.7. The molecule has 5 rings (SSSR count). The van der Waals surface area contributed by atoms with Gasteiger partial charge in [-0.1, -0.05) is 29.8 Å². The fourth-order valence-electron chi connectivity index (χ4n) is 5.83. The summed E-state index contributed by atoms with van der Waals surface area (Å²) in [6.45, 7) is 1.36. The molecular formula is C38H48ClN3O10S. The van der Waals surface area contributed by atoms with Crippen LogP contribution in [0.2, 0.25) is 5.02 Å². The lowest BCUT2D eigenvalue weighted by Crippen LogP contribution is -2.53. The molecule has 2 fully saturated rings. The predicted molar refractivity (Wildman–Crippen MR) is 199 cm³/mol. The molecule has 0 spiro atoms. The number of pyridine rings is 1. The number of benzene rings is 2. The summed E-state index contributed by atoms with van der Waals surface area (Å²) in [7, 11) is 0. The molecule has 1 heterocycles. The average molecular weight is 774 g/mol. The van der Waals surface area contributed by atoms with Crippen molar-refractivity contribution in [3.63, 3.8) is 0 Å². The molecule has 2 aromatic carbocycles. The van der Waals surface area contributed by atoms with Crippen LogP contribution in [0.3, 0.4) is 0 Å². The van der Waals surface area contributed by atoms with Crippen molar-refractivity contribution in [2.45, 2.75) is 86.7 Å². The van der Waals surface area contributed by atoms with Crippen molar-refractivity contribution in [1.82, 2.24) is 15.2 Å². The Morgan fingerprint density at radius 2 is 1.83 bits per heavy atom. The number of para-hydroxylation sites is 1. The average Bonchev–Trinajstić information content (AvgIpc) is 4.12. The first-order valence-electron chi connectivity index (χ1n) is 17.8. The zero-order chi connectivity index (χ0) is 38.0. The third-order valence-corrected chi connectivity index (χ3v) is 10.6. The summed E-state index contributed by atoms with van der Waals surface area (Å²) in [6, 6.07) is 15.8. The number of rotatable bonds is 21. The van der Waals surface area contributed by atoms with E-state index >= 15 is 0 Å². The molecule has 0 saturated heterocycles. The largest absolute Gasteiger partial charge is 0.490 e. The number of carbonyl (C=O) groups is 2. The van der Waals surface area contributed by atoms with Crippen LogP contribution in [0.15, 0.2) is 65.8 Å². The number of aliphatic hydroxyl groups is 5. The van der Waals surface area contributed by atoms with Gasteiger partial charge >= 0.3 is 6.09 Å². The Labute approximate surface area is 318 Å². The smallest absolute Gasteiger partial charge is 0.407 e. The van der Waals surface area contributed by atoms with Gasteiger partial charge in [0.05, 0.1) is 31.5 Å². The normalized spacial score (nSPS) is 17.0. The van der Waals surface area contributed by atoms with Gasteiger partial charge in [-0.25, -0.2) is 4.79 Å². The number of nitrogens with zero attached hydrogens (tertiary/aromatic N) is 2. The number of nitrogens with one attached hydrogen (secondary N) is 1. The van der Waals surface area contributed by atoms with E-state index in [2.05, 4.69) is 16.4 Å². The fourth-order valence-corrected chi connectivity index (χ4v) is 6.90. The quantitative estimate of drug-likeness (QED) is 0.0682. The Bertz CT molecular complexity index is 1680. The van der Waals surface area contributed by atoms with Crippen molar-refractivity contribution >= 4 is 35.4 Å². The lowest BCUT2D eigenvalue weighted by atomic mass is 9.96. The molecule has 0 radical (unpaired) electrons. The van der Waals surface area contributed by atoms with Gasteiger partial charge in [0.2, 0.25) is 0 Å². The van der Waals surface area contributed by atoms with Crippen LogP contribution in [0.1, 0.15) is 50.2 Å². The molecule has 2 amide bonds. The van der Waals surface area contributed by atoms with Crippen molar-refractivity contribution < 1.29 is 49.3 Å². The Balaban J connectivity index is 1.19. The van der Waals surface area contributed by atoms with E-state index in [1.54, 1.807) is 13.1 Å². The molecule has 288 valence electrons. The standard InChI is InChI=1S/C38H48ClN3O10S/c1-2-50-37(49)41-16-18-42(36(48)35(47)34(46)33(45)31(44)22-43)17-5-19-53-26-10-11-30(39)24(20-26)23-51-38(13-14-38)29-21-40-15-12-27(29)28-6-3-4-7-32(28)52-25-8-9-25/h3-4,6-7,10-12,15,20-21,25,31,33-35,43-47H,2,5,8-9,13-14,16-19,22-23H2,1H3,(H,41,49). The Kier molecular flexibility index (Phi) is 14.8. The summed E-state index contributed by atoms with van der Waals surface area (Å²) in [5.74, 6) is 0.512. The van der Waals surface area contributed by atoms with E-state index in [1.807, 2.05) is 48.7 Å². The van der Waals surface area contributed by atoms with Gasteiger partial charge in [-0.05, 0) is 86.2 Å². The molecule has 6 N–H and O–H groups in total. The van der Waals surface area contributed by atoms with Crippen LogP contribution in [0.25, 0.3) is 11.1 Å². The third kappa shape index (κ3) is 11.0. The monoisotopic (exact) mass is 773 g/mol. The fraction of sp³-hybridized carbons (Fsp3) is 0.500. The first-order chi connectivity index (χ1) is 25.6. The van der Waals surface area contributed by atoms with E-state index in [-0.39, 0.29) is 39.0 Å². The molecule has 2 saturated carbocycles. The van der Waals surface area contributed by atoms with Crippen LogP contribution in [-0.4, -0.2) is 117 Å². The van der Waals surface area contributed by atoms with Crippen LogP contribution in [0, 0.1) is 0 Å². The summed E-state index contributed by atoms with van der Waals surface area (Å²) in [6.07, 6.45) is -0.282. The maximum Gasteiger partial charge on any atom is 0.407 e. The summed E-state index contributed by atoms with van der Waals surface area (Å²) < 4.78 is 17.7. The Hall–Kier alpha value is -3.47. The van der Waals surface area contributed by atoms with Gasteiger partial charge in [-0.15, -0.1) is 11.8 Å². The predicted octanol–water partition coefficient (Wildman–Crippen LogP) is 3.64. The Morgan fingerprint density at radius 3 is 2.55 bits per heavy atom. The molecule has 1 aromatic heterocycles. The minimum atomic E-state index is -2.08. The number of hydrogen-bond acceptors (Lipinski definition) is 12. The van der Waals surface area contributed by atoms with Crippen molar-refractivity contribution in [3.8, 4) is 16.9 Å². The van der Waals surface area contributed by atoms with Crippen molar-refractivity contribution in [3.05, 3.63) is 77.1 Å². The maximum absolute atomic E-state index is 13.1. The number of halogens is 1. The molecular weight excluding hydrogens is 726 g/mol. The van der Waals surface area contributed by atoms with Crippen LogP contribution in [-0.2, 0) is 26.5 Å². The SMILES string of the molecule is CCOC(=O)NCCN(CCCSc1ccc(Cl)c(COC2(c3cnccc3-c3ccccc3OC3CC3)CC2)c1)C(=O)C(O)C(O)C(O)C(O)CO. The highest BCUT2D eigenvalue weighted by atomic mass is 35.5. The third-order valence-electron chi connectivity index (χ3n) is 9.12. The molecule has 2 aliphatic rings. The van der Waals surface area contributed by atoms with Crippen molar-refractivity contribution in [2.75, 3.05) is 38.6 Å². The molecule has 15 heteroatoms. The van der Waals surface area contributed by atoms with Gasteiger partial charge < -0.3 is 50.0 Å². The maximum atomic E-state index is 13.1. The molecule has 4 atom stereocenters. The van der Waals surface area contributed by atoms with Crippen LogP contribution in [0.4, 0.5) is 4.79 Å². The van der Waals surface area contributed by atoms with Gasteiger partial charge in [-0.3, -0.25) is 9.78 Å². The number of aliphatic hydroxyl groups excluding tert-OH is 5. The van der Waals surface area contributed by atoms with Gasteiger partial charge in [0.25, 0.3) is 5.91 Å². The molecule has 3 aromatic rings. The van der Waals surface area contributed by atoms with Gasteiger partial charge in [-0.2, -0.15) is 0 Å².